The van der Waals surface area contributed by atoms with Crippen LogP contribution in [0.15, 0.2) is 18.2 Å². The molecular weight excluding hydrogens is 374 g/mol. The molecule has 0 unspecified atom stereocenters. The summed E-state index contributed by atoms with van der Waals surface area (Å²) in [6.45, 7) is 16.3. The summed E-state index contributed by atoms with van der Waals surface area (Å²) >= 11 is 0. The molecule has 1 aromatic heterocycles. The second-order valence-corrected chi connectivity index (χ2v) is 8.90. The SMILES string of the molecule is CC(C)=c1c(C)nnc(N2CCN(Cc3ccc4c(c3)N(C)CO4)CC2)c1=C(C)C. The second-order valence-electron chi connectivity index (χ2n) is 8.90. The van der Waals surface area contributed by atoms with Gasteiger partial charge in [0.15, 0.2) is 12.5 Å². The molecule has 2 aliphatic rings. The van der Waals surface area contributed by atoms with Crippen molar-refractivity contribution in [3.8, 4) is 5.75 Å². The van der Waals surface area contributed by atoms with Crippen molar-refractivity contribution >= 4 is 22.7 Å². The van der Waals surface area contributed by atoms with E-state index in [-0.39, 0.29) is 0 Å². The summed E-state index contributed by atoms with van der Waals surface area (Å²) in [6.07, 6.45) is 0. The van der Waals surface area contributed by atoms with Gasteiger partial charge in [-0.1, -0.05) is 17.2 Å². The van der Waals surface area contributed by atoms with Gasteiger partial charge in [0, 0.05) is 50.2 Å². The zero-order valence-electron chi connectivity index (χ0n) is 19.1. The van der Waals surface area contributed by atoms with E-state index < -0.39 is 0 Å². The van der Waals surface area contributed by atoms with Crippen molar-refractivity contribution in [2.24, 2.45) is 0 Å². The van der Waals surface area contributed by atoms with Crippen molar-refractivity contribution in [3.05, 3.63) is 39.9 Å². The largest absolute Gasteiger partial charge is 0.471 e. The maximum absolute atomic E-state index is 5.67. The van der Waals surface area contributed by atoms with Gasteiger partial charge in [0.2, 0.25) is 0 Å². The normalized spacial score (nSPS) is 16.5. The summed E-state index contributed by atoms with van der Waals surface area (Å²) in [5, 5.41) is 11.6. The summed E-state index contributed by atoms with van der Waals surface area (Å²) in [7, 11) is 2.07. The Morgan fingerprint density at radius 3 is 2.33 bits per heavy atom. The molecule has 3 heterocycles. The lowest BCUT2D eigenvalue weighted by molar-refractivity contribution is 0.249. The van der Waals surface area contributed by atoms with Gasteiger partial charge in [-0.25, -0.2) is 0 Å². The van der Waals surface area contributed by atoms with Crippen LogP contribution >= 0.6 is 0 Å². The topological polar surface area (TPSA) is 44.7 Å². The van der Waals surface area contributed by atoms with Crippen LogP contribution < -0.4 is 25.0 Å². The van der Waals surface area contributed by atoms with Crippen LogP contribution in [0, 0.1) is 6.92 Å². The van der Waals surface area contributed by atoms with Gasteiger partial charge >= 0.3 is 0 Å². The van der Waals surface area contributed by atoms with Crippen molar-refractivity contribution in [2.75, 3.05) is 49.8 Å². The summed E-state index contributed by atoms with van der Waals surface area (Å²) < 4.78 is 5.67. The molecule has 1 saturated heterocycles. The van der Waals surface area contributed by atoms with Crippen molar-refractivity contribution in [1.82, 2.24) is 15.1 Å². The van der Waals surface area contributed by atoms with Crippen LogP contribution in [0.3, 0.4) is 0 Å². The number of benzene rings is 1. The lowest BCUT2D eigenvalue weighted by Crippen LogP contribution is -2.49. The van der Waals surface area contributed by atoms with Crippen molar-refractivity contribution < 1.29 is 4.74 Å². The Bertz CT molecular complexity index is 1060. The Hall–Kier alpha value is -2.60. The van der Waals surface area contributed by atoms with Gasteiger partial charge < -0.3 is 14.5 Å². The van der Waals surface area contributed by atoms with E-state index in [2.05, 4.69) is 84.8 Å². The fraction of sp³-hybridized carbons (Fsp3) is 0.500. The number of aromatic nitrogens is 2. The molecule has 0 spiro atoms. The molecule has 2 aromatic rings. The number of fused-ring (bicyclic) bond motifs is 1. The van der Waals surface area contributed by atoms with Gasteiger partial charge in [-0.15, -0.1) is 5.10 Å². The smallest absolute Gasteiger partial charge is 0.161 e. The van der Waals surface area contributed by atoms with E-state index in [1.54, 1.807) is 0 Å². The number of hydrogen-bond acceptors (Lipinski definition) is 6. The van der Waals surface area contributed by atoms with Crippen LogP contribution in [-0.4, -0.2) is 55.1 Å². The second kappa shape index (κ2) is 8.26. The molecule has 0 aliphatic carbocycles. The van der Waals surface area contributed by atoms with E-state index in [4.69, 9.17) is 4.74 Å². The summed E-state index contributed by atoms with van der Waals surface area (Å²) in [5.41, 5.74) is 6.14. The third kappa shape index (κ3) is 3.88. The summed E-state index contributed by atoms with van der Waals surface area (Å²) in [4.78, 5) is 7.08. The van der Waals surface area contributed by atoms with E-state index in [1.807, 2.05) is 0 Å². The van der Waals surface area contributed by atoms with Gasteiger partial charge in [0.25, 0.3) is 0 Å². The number of aryl methyl sites for hydroxylation is 1. The predicted octanol–water partition coefficient (Wildman–Crippen LogP) is 2.27. The number of nitrogens with zero attached hydrogens (tertiary/aromatic N) is 5. The molecule has 1 fully saturated rings. The number of piperazine rings is 1. The first kappa shape index (κ1) is 20.7. The standard InChI is InChI=1S/C24H33N5O/c1-16(2)22-18(5)25-26-24(23(22)17(3)4)29-11-9-28(10-12-29)14-19-7-8-21-20(13-19)27(6)15-30-21/h7-8,13H,9-12,14-15H2,1-6H3. The highest BCUT2D eigenvalue weighted by Gasteiger charge is 2.22. The molecule has 1 aromatic carbocycles. The Morgan fingerprint density at radius 1 is 0.967 bits per heavy atom. The van der Waals surface area contributed by atoms with Crippen LogP contribution in [-0.2, 0) is 6.54 Å². The minimum Gasteiger partial charge on any atom is -0.471 e. The quantitative estimate of drug-likeness (QED) is 0.778. The highest BCUT2D eigenvalue weighted by atomic mass is 16.5. The van der Waals surface area contributed by atoms with Crippen molar-refractivity contribution in [3.63, 3.8) is 0 Å². The van der Waals surface area contributed by atoms with Crippen molar-refractivity contribution in [1.29, 1.82) is 0 Å². The zero-order chi connectivity index (χ0) is 21.4. The average molecular weight is 408 g/mol. The van der Waals surface area contributed by atoms with E-state index in [9.17, 15) is 0 Å². The molecule has 30 heavy (non-hydrogen) atoms. The number of ether oxygens (including phenoxy) is 1. The Balaban J connectivity index is 1.51. The van der Waals surface area contributed by atoms with Crippen LogP contribution in [0.25, 0.3) is 11.1 Å². The van der Waals surface area contributed by atoms with E-state index in [0.29, 0.717) is 6.73 Å². The first-order valence-corrected chi connectivity index (χ1v) is 10.8. The average Bonchev–Trinajstić information content (AvgIpc) is 3.08. The first-order valence-electron chi connectivity index (χ1n) is 10.8. The molecule has 6 nitrogen and oxygen atoms in total. The molecule has 6 heteroatoms. The molecule has 0 bridgehead atoms. The molecular formula is C24H33N5O. The molecule has 0 N–H and O–H groups in total. The fourth-order valence-electron chi connectivity index (χ4n) is 4.52. The van der Waals surface area contributed by atoms with Crippen LogP contribution in [0.1, 0.15) is 39.0 Å². The molecule has 0 saturated carbocycles. The third-order valence-electron chi connectivity index (χ3n) is 6.06. The van der Waals surface area contributed by atoms with Gasteiger partial charge in [0.05, 0.1) is 11.4 Å². The van der Waals surface area contributed by atoms with E-state index in [0.717, 1.165) is 50.0 Å². The van der Waals surface area contributed by atoms with Gasteiger partial charge in [-0.3, -0.25) is 4.90 Å². The lowest BCUT2D eigenvalue weighted by Gasteiger charge is -2.35. The summed E-state index contributed by atoms with van der Waals surface area (Å²) in [6, 6.07) is 6.55. The van der Waals surface area contributed by atoms with Crippen LogP contribution in [0.5, 0.6) is 5.75 Å². The number of anilines is 2. The zero-order valence-corrected chi connectivity index (χ0v) is 19.1. The van der Waals surface area contributed by atoms with Crippen LogP contribution in [0.2, 0.25) is 0 Å². The Kier molecular flexibility index (Phi) is 5.69. The molecule has 0 atom stereocenters. The number of rotatable bonds is 3. The maximum Gasteiger partial charge on any atom is 0.161 e. The molecule has 0 amide bonds. The van der Waals surface area contributed by atoms with Gasteiger partial charge in [-0.05, 0) is 52.3 Å². The minimum atomic E-state index is 0.641. The monoisotopic (exact) mass is 407 g/mol. The Labute approximate surface area is 179 Å². The van der Waals surface area contributed by atoms with Crippen molar-refractivity contribution in [2.45, 2.75) is 41.2 Å². The molecule has 0 radical (unpaired) electrons. The third-order valence-corrected chi connectivity index (χ3v) is 6.06. The highest BCUT2D eigenvalue weighted by molar-refractivity contribution is 5.62. The molecule has 2 aliphatic heterocycles. The van der Waals surface area contributed by atoms with Gasteiger partial charge in [0.1, 0.15) is 5.75 Å². The van der Waals surface area contributed by atoms with Gasteiger partial charge in [-0.2, -0.15) is 5.10 Å². The fourth-order valence-corrected chi connectivity index (χ4v) is 4.52. The Morgan fingerprint density at radius 2 is 1.67 bits per heavy atom. The maximum atomic E-state index is 5.67. The summed E-state index contributed by atoms with van der Waals surface area (Å²) in [5.74, 6) is 2.02. The van der Waals surface area contributed by atoms with E-state index in [1.165, 1.54) is 32.8 Å². The molecule has 4 rings (SSSR count). The van der Waals surface area contributed by atoms with Crippen LogP contribution in [0.4, 0.5) is 11.5 Å². The van der Waals surface area contributed by atoms with E-state index >= 15 is 0 Å². The minimum absolute atomic E-state index is 0.641. The first-order chi connectivity index (χ1) is 14.3. The molecule has 160 valence electrons. The highest BCUT2D eigenvalue weighted by Crippen LogP contribution is 2.33. The predicted molar refractivity (Wildman–Crippen MR) is 123 cm³/mol. The lowest BCUT2D eigenvalue weighted by atomic mass is 10.1. The number of hydrogen-bond donors (Lipinski definition) is 0.